The molecule has 0 saturated carbocycles. The van der Waals surface area contributed by atoms with Gasteiger partial charge in [-0.15, -0.1) is 0 Å². The standard InChI is InChI=1S/C14H20O3/c1-5-10(2)9-12(15)11-7-6-8-13(16-3)14(11)17-4/h6-8,10H,5,9H2,1-4H3. The summed E-state index contributed by atoms with van der Waals surface area (Å²) < 4.78 is 10.4. The molecule has 0 amide bonds. The number of carbonyl (C=O) groups excluding carboxylic acids is 1. The highest BCUT2D eigenvalue weighted by atomic mass is 16.5. The average Bonchev–Trinajstić information content (AvgIpc) is 2.37. The van der Waals surface area contributed by atoms with Crippen molar-refractivity contribution in [3.05, 3.63) is 23.8 Å². The molecule has 0 aliphatic carbocycles. The molecular formula is C14H20O3. The van der Waals surface area contributed by atoms with Crippen LogP contribution in [0.1, 0.15) is 37.0 Å². The van der Waals surface area contributed by atoms with E-state index in [2.05, 4.69) is 13.8 Å². The molecule has 1 rings (SSSR count). The van der Waals surface area contributed by atoms with Gasteiger partial charge >= 0.3 is 0 Å². The minimum absolute atomic E-state index is 0.107. The molecule has 0 spiro atoms. The summed E-state index contributed by atoms with van der Waals surface area (Å²) in [6.07, 6.45) is 1.54. The average molecular weight is 236 g/mol. The summed E-state index contributed by atoms with van der Waals surface area (Å²) in [5, 5.41) is 0. The zero-order chi connectivity index (χ0) is 12.8. The van der Waals surface area contributed by atoms with Gasteiger partial charge in [0.15, 0.2) is 17.3 Å². The van der Waals surface area contributed by atoms with Gasteiger partial charge < -0.3 is 9.47 Å². The lowest BCUT2D eigenvalue weighted by molar-refractivity contribution is 0.0960. The van der Waals surface area contributed by atoms with Gasteiger partial charge in [0.2, 0.25) is 0 Å². The van der Waals surface area contributed by atoms with Crippen molar-refractivity contribution in [1.82, 2.24) is 0 Å². The number of rotatable bonds is 6. The fourth-order valence-corrected chi connectivity index (χ4v) is 1.68. The second kappa shape index (κ2) is 6.28. The van der Waals surface area contributed by atoms with Crippen LogP contribution in [-0.2, 0) is 0 Å². The van der Waals surface area contributed by atoms with E-state index in [0.717, 1.165) is 6.42 Å². The molecule has 3 heteroatoms. The van der Waals surface area contributed by atoms with E-state index in [1.54, 1.807) is 26.4 Å². The van der Waals surface area contributed by atoms with Crippen molar-refractivity contribution in [2.24, 2.45) is 5.92 Å². The Hall–Kier alpha value is -1.51. The molecule has 0 aliphatic heterocycles. The molecule has 0 N–H and O–H groups in total. The molecule has 1 aromatic carbocycles. The van der Waals surface area contributed by atoms with E-state index < -0.39 is 0 Å². The highest BCUT2D eigenvalue weighted by molar-refractivity contribution is 5.99. The maximum absolute atomic E-state index is 12.1. The Morgan fingerprint density at radius 2 is 2.00 bits per heavy atom. The Morgan fingerprint density at radius 3 is 2.53 bits per heavy atom. The number of benzene rings is 1. The van der Waals surface area contributed by atoms with Gasteiger partial charge in [0, 0.05) is 6.42 Å². The van der Waals surface area contributed by atoms with Gasteiger partial charge in [0.05, 0.1) is 19.8 Å². The molecule has 0 radical (unpaired) electrons. The first kappa shape index (κ1) is 13.6. The van der Waals surface area contributed by atoms with E-state index in [0.29, 0.717) is 29.4 Å². The van der Waals surface area contributed by atoms with Crippen LogP contribution in [0, 0.1) is 5.92 Å². The van der Waals surface area contributed by atoms with Crippen LogP contribution in [0.4, 0.5) is 0 Å². The SMILES string of the molecule is CCC(C)CC(=O)c1cccc(OC)c1OC. The third-order valence-electron chi connectivity index (χ3n) is 2.93. The molecule has 17 heavy (non-hydrogen) atoms. The molecular weight excluding hydrogens is 216 g/mol. The van der Waals surface area contributed by atoms with Crippen molar-refractivity contribution < 1.29 is 14.3 Å². The Bertz CT molecular complexity index is 385. The van der Waals surface area contributed by atoms with Crippen molar-refractivity contribution in [3.8, 4) is 11.5 Å². The summed E-state index contributed by atoms with van der Waals surface area (Å²) in [5.41, 5.74) is 0.604. The summed E-state index contributed by atoms with van der Waals surface area (Å²) in [7, 11) is 3.12. The smallest absolute Gasteiger partial charge is 0.171 e. The fraction of sp³-hybridized carbons (Fsp3) is 0.500. The Labute approximate surface area is 103 Å². The highest BCUT2D eigenvalue weighted by Crippen LogP contribution is 2.32. The van der Waals surface area contributed by atoms with Gasteiger partial charge in [-0.2, -0.15) is 0 Å². The van der Waals surface area contributed by atoms with E-state index >= 15 is 0 Å². The third kappa shape index (κ3) is 3.22. The van der Waals surface area contributed by atoms with Gasteiger partial charge in [0.25, 0.3) is 0 Å². The molecule has 0 aromatic heterocycles. The van der Waals surface area contributed by atoms with Gasteiger partial charge in [-0.3, -0.25) is 4.79 Å². The first-order valence-corrected chi connectivity index (χ1v) is 5.88. The van der Waals surface area contributed by atoms with Crippen LogP contribution in [0.5, 0.6) is 11.5 Å². The van der Waals surface area contributed by atoms with E-state index in [1.807, 2.05) is 6.07 Å². The number of Topliss-reactive ketones (excluding diaryl/α,β-unsaturated/α-hetero) is 1. The van der Waals surface area contributed by atoms with Gasteiger partial charge in [0.1, 0.15) is 0 Å². The molecule has 1 atom stereocenters. The zero-order valence-electron chi connectivity index (χ0n) is 10.9. The van der Waals surface area contributed by atoms with Crippen molar-refractivity contribution in [2.45, 2.75) is 26.7 Å². The number of hydrogen-bond donors (Lipinski definition) is 0. The van der Waals surface area contributed by atoms with E-state index in [1.165, 1.54) is 0 Å². The topological polar surface area (TPSA) is 35.5 Å². The first-order valence-electron chi connectivity index (χ1n) is 5.88. The summed E-state index contributed by atoms with van der Waals surface area (Å²) in [6, 6.07) is 5.39. The van der Waals surface area contributed by atoms with Gasteiger partial charge in [-0.25, -0.2) is 0 Å². The number of hydrogen-bond acceptors (Lipinski definition) is 3. The zero-order valence-corrected chi connectivity index (χ0v) is 10.9. The largest absolute Gasteiger partial charge is 0.493 e. The molecule has 3 nitrogen and oxygen atoms in total. The fourth-order valence-electron chi connectivity index (χ4n) is 1.68. The highest BCUT2D eigenvalue weighted by Gasteiger charge is 2.17. The normalized spacial score (nSPS) is 12.0. The molecule has 0 saturated heterocycles. The number of para-hydroxylation sites is 1. The van der Waals surface area contributed by atoms with Crippen molar-refractivity contribution >= 4 is 5.78 Å². The molecule has 0 aliphatic rings. The minimum atomic E-state index is 0.107. The molecule has 1 aromatic rings. The lowest BCUT2D eigenvalue weighted by atomic mass is 9.97. The lowest BCUT2D eigenvalue weighted by Gasteiger charge is -2.13. The van der Waals surface area contributed by atoms with Crippen LogP contribution < -0.4 is 9.47 Å². The van der Waals surface area contributed by atoms with Crippen LogP contribution in [-0.4, -0.2) is 20.0 Å². The number of ketones is 1. The summed E-state index contributed by atoms with van der Waals surface area (Å²) in [5.74, 6) is 1.62. The second-order valence-electron chi connectivity index (χ2n) is 4.18. The Morgan fingerprint density at radius 1 is 1.29 bits per heavy atom. The van der Waals surface area contributed by atoms with Crippen molar-refractivity contribution in [2.75, 3.05) is 14.2 Å². The Balaban J connectivity index is 3.00. The molecule has 0 heterocycles. The van der Waals surface area contributed by atoms with E-state index in [9.17, 15) is 4.79 Å². The minimum Gasteiger partial charge on any atom is -0.493 e. The van der Waals surface area contributed by atoms with Gasteiger partial charge in [-0.05, 0) is 18.1 Å². The van der Waals surface area contributed by atoms with E-state index in [-0.39, 0.29) is 5.78 Å². The predicted molar refractivity (Wildman–Crippen MR) is 67.9 cm³/mol. The van der Waals surface area contributed by atoms with Crippen molar-refractivity contribution in [1.29, 1.82) is 0 Å². The molecule has 0 fully saturated rings. The number of ether oxygens (including phenoxy) is 2. The van der Waals surface area contributed by atoms with Gasteiger partial charge in [-0.1, -0.05) is 26.3 Å². The maximum atomic E-state index is 12.1. The lowest BCUT2D eigenvalue weighted by Crippen LogP contribution is -2.07. The molecule has 1 unspecified atom stereocenters. The van der Waals surface area contributed by atoms with Crippen LogP contribution in [0.3, 0.4) is 0 Å². The van der Waals surface area contributed by atoms with Crippen LogP contribution in [0.25, 0.3) is 0 Å². The summed E-state index contributed by atoms with van der Waals surface area (Å²) in [6.45, 7) is 4.16. The molecule has 94 valence electrons. The second-order valence-corrected chi connectivity index (χ2v) is 4.18. The summed E-state index contributed by atoms with van der Waals surface area (Å²) in [4.78, 5) is 12.1. The maximum Gasteiger partial charge on any atom is 0.171 e. The summed E-state index contributed by atoms with van der Waals surface area (Å²) >= 11 is 0. The van der Waals surface area contributed by atoms with Crippen LogP contribution >= 0.6 is 0 Å². The van der Waals surface area contributed by atoms with Crippen molar-refractivity contribution in [3.63, 3.8) is 0 Å². The number of carbonyl (C=O) groups is 1. The Kier molecular flexibility index (Phi) is 5.01. The molecule has 0 bridgehead atoms. The third-order valence-corrected chi connectivity index (χ3v) is 2.93. The first-order chi connectivity index (χ1) is 8.13. The monoisotopic (exact) mass is 236 g/mol. The van der Waals surface area contributed by atoms with Crippen LogP contribution in [0.15, 0.2) is 18.2 Å². The quantitative estimate of drug-likeness (QED) is 0.711. The number of methoxy groups -OCH3 is 2. The predicted octanol–water partition coefficient (Wildman–Crippen LogP) is 3.32. The van der Waals surface area contributed by atoms with Crippen LogP contribution in [0.2, 0.25) is 0 Å². The van der Waals surface area contributed by atoms with E-state index in [4.69, 9.17) is 9.47 Å².